The van der Waals surface area contributed by atoms with Crippen molar-refractivity contribution in [3.63, 3.8) is 0 Å². The second-order valence-corrected chi connectivity index (χ2v) is 5.82. The summed E-state index contributed by atoms with van der Waals surface area (Å²) in [6.07, 6.45) is 1.90. The highest BCUT2D eigenvalue weighted by Crippen LogP contribution is 2.20. The lowest BCUT2D eigenvalue weighted by atomic mass is 10.2. The van der Waals surface area contributed by atoms with Crippen molar-refractivity contribution in [2.75, 3.05) is 38.0 Å². The van der Waals surface area contributed by atoms with Crippen molar-refractivity contribution >= 4 is 27.6 Å². The first-order valence-electron chi connectivity index (χ1n) is 6.75. The van der Waals surface area contributed by atoms with Crippen molar-refractivity contribution in [3.8, 4) is 0 Å². The number of rotatable bonds is 3. The van der Waals surface area contributed by atoms with Gasteiger partial charge in [-0.2, -0.15) is 0 Å². The first-order chi connectivity index (χ1) is 9.60. The zero-order chi connectivity index (χ0) is 14.5. The first-order valence-corrected chi connectivity index (χ1v) is 7.55. The number of carbonyl (C=O) groups excluding carboxylic acids is 1. The van der Waals surface area contributed by atoms with Crippen LogP contribution in [-0.2, 0) is 0 Å². The maximum Gasteiger partial charge on any atom is 0.321 e. The topological polar surface area (TPSA) is 35.6 Å². The number of anilines is 1. The fourth-order valence-electron chi connectivity index (χ4n) is 2.24. The summed E-state index contributed by atoms with van der Waals surface area (Å²) in [5, 5.41) is 2.95. The molecule has 108 valence electrons. The van der Waals surface area contributed by atoms with Gasteiger partial charge in [0, 0.05) is 42.9 Å². The number of benzene rings is 1. The number of urea groups is 1. The Morgan fingerprint density at radius 3 is 2.70 bits per heavy atom. The van der Waals surface area contributed by atoms with Crippen LogP contribution in [0.1, 0.15) is 5.56 Å². The summed E-state index contributed by atoms with van der Waals surface area (Å²) in [5.41, 5.74) is 1.95. The number of nitrogens with one attached hydrogen (secondary N) is 1. The predicted molar refractivity (Wildman–Crippen MR) is 86.1 cm³/mol. The largest absolute Gasteiger partial charge is 0.322 e. The Balaban J connectivity index is 1.89. The minimum absolute atomic E-state index is 0.0232. The van der Waals surface area contributed by atoms with E-state index >= 15 is 0 Å². The van der Waals surface area contributed by atoms with Gasteiger partial charge >= 0.3 is 6.03 Å². The molecule has 0 saturated carbocycles. The maximum absolute atomic E-state index is 12.2. The molecule has 1 aliphatic heterocycles. The molecule has 0 atom stereocenters. The van der Waals surface area contributed by atoms with Gasteiger partial charge in [0.1, 0.15) is 0 Å². The molecule has 4 nitrogen and oxygen atoms in total. The summed E-state index contributed by atoms with van der Waals surface area (Å²) in [4.78, 5) is 16.3. The molecular weight excluding hydrogens is 318 g/mol. The summed E-state index contributed by atoms with van der Waals surface area (Å²) >= 11 is 3.46. The number of hydrogen-bond acceptors (Lipinski definition) is 2. The Bertz CT molecular complexity index is 496. The number of carbonyl (C=O) groups is 1. The van der Waals surface area contributed by atoms with Crippen LogP contribution in [0.25, 0.3) is 0 Å². The molecule has 2 amide bonds. The maximum atomic E-state index is 12.2. The van der Waals surface area contributed by atoms with Crippen molar-refractivity contribution in [1.29, 1.82) is 0 Å². The molecule has 1 aromatic rings. The second kappa shape index (κ2) is 6.90. The number of piperazine rings is 1. The molecule has 2 rings (SSSR count). The summed E-state index contributed by atoms with van der Waals surface area (Å²) in [6, 6.07) is 5.80. The van der Waals surface area contributed by atoms with Gasteiger partial charge in [0.2, 0.25) is 0 Å². The van der Waals surface area contributed by atoms with Crippen molar-refractivity contribution < 1.29 is 4.79 Å². The lowest BCUT2D eigenvalue weighted by molar-refractivity contribution is 0.156. The molecule has 0 aliphatic carbocycles. The fraction of sp³-hybridized carbons (Fsp3) is 0.400. The average Bonchev–Trinajstić information content (AvgIpc) is 2.44. The van der Waals surface area contributed by atoms with Crippen LogP contribution in [0.4, 0.5) is 10.5 Å². The molecule has 1 saturated heterocycles. The van der Waals surface area contributed by atoms with E-state index < -0.39 is 0 Å². The molecule has 20 heavy (non-hydrogen) atoms. The Kier molecular flexibility index (Phi) is 5.20. The van der Waals surface area contributed by atoms with Crippen LogP contribution in [0.5, 0.6) is 0 Å². The van der Waals surface area contributed by atoms with Gasteiger partial charge in [-0.25, -0.2) is 4.79 Å². The minimum Gasteiger partial charge on any atom is -0.322 e. The predicted octanol–water partition coefficient (Wildman–Crippen LogP) is 3.09. The molecule has 5 heteroatoms. The molecule has 0 spiro atoms. The van der Waals surface area contributed by atoms with Gasteiger partial charge in [-0.15, -0.1) is 6.58 Å². The molecule has 0 radical (unpaired) electrons. The zero-order valence-corrected chi connectivity index (χ0v) is 13.3. The van der Waals surface area contributed by atoms with E-state index in [-0.39, 0.29) is 6.03 Å². The van der Waals surface area contributed by atoms with E-state index in [0.717, 1.165) is 48.4 Å². The molecule has 1 aliphatic rings. The normalized spacial score (nSPS) is 16.0. The first kappa shape index (κ1) is 15.1. The molecule has 1 aromatic carbocycles. The Hall–Kier alpha value is -1.33. The van der Waals surface area contributed by atoms with E-state index in [4.69, 9.17) is 0 Å². The van der Waals surface area contributed by atoms with Crippen molar-refractivity contribution in [2.45, 2.75) is 6.92 Å². The SMILES string of the molecule is C=CCN1CCN(C(=O)Nc2ccc(Br)c(C)c2)CC1. The molecule has 1 N–H and O–H groups in total. The minimum atomic E-state index is -0.0232. The number of halogens is 1. The number of hydrogen-bond donors (Lipinski definition) is 1. The van der Waals surface area contributed by atoms with Gasteiger partial charge in [0.05, 0.1) is 0 Å². The fourth-order valence-corrected chi connectivity index (χ4v) is 2.49. The van der Waals surface area contributed by atoms with Crippen LogP contribution in [0.3, 0.4) is 0 Å². The standard InChI is InChI=1S/C15H20BrN3O/c1-3-6-18-7-9-19(10-8-18)15(20)17-13-4-5-14(16)12(2)11-13/h3-5,11H,1,6-10H2,2H3,(H,17,20). The molecule has 0 aromatic heterocycles. The third kappa shape index (κ3) is 3.84. The average molecular weight is 338 g/mol. The third-order valence-electron chi connectivity index (χ3n) is 3.46. The highest BCUT2D eigenvalue weighted by atomic mass is 79.9. The summed E-state index contributed by atoms with van der Waals surface area (Å²) in [5.74, 6) is 0. The smallest absolute Gasteiger partial charge is 0.321 e. The second-order valence-electron chi connectivity index (χ2n) is 4.97. The van der Waals surface area contributed by atoms with Crippen LogP contribution in [-0.4, -0.2) is 48.6 Å². The molecule has 0 unspecified atom stereocenters. The zero-order valence-electron chi connectivity index (χ0n) is 11.7. The molecular formula is C15H20BrN3O. The Morgan fingerprint density at radius 2 is 2.10 bits per heavy atom. The van der Waals surface area contributed by atoms with Crippen LogP contribution >= 0.6 is 15.9 Å². The van der Waals surface area contributed by atoms with E-state index in [1.807, 2.05) is 36.1 Å². The van der Waals surface area contributed by atoms with Crippen molar-refractivity contribution in [2.24, 2.45) is 0 Å². The molecule has 1 fully saturated rings. The van der Waals surface area contributed by atoms with Gasteiger partial charge in [0.15, 0.2) is 0 Å². The molecule has 0 bridgehead atoms. The van der Waals surface area contributed by atoms with E-state index in [0.29, 0.717) is 0 Å². The van der Waals surface area contributed by atoms with E-state index in [1.165, 1.54) is 0 Å². The van der Waals surface area contributed by atoms with E-state index in [2.05, 4.69) is 32.7 Å². The Labute approximate surface area is 128 Å². The number of nitrogens with zero attached hydrogens (tertiary/aromatic N) is 2. The number of amides is 2. The summed E-state index contributed by atoms with van der Waals surface area (Å²) in [6.45, 7) is 9.96. The van der Waals surface area contributed by atoms with Crippen LogP contribution in [0.15, 0.2) is 35.3 Å². The van der Waals surface area contributed by atoms with Gasteiger partial charge in [-0.05, 0) is 30.7 Å². The summed E-state index contributed by atoms with van der Waals surface area (Å²) in [7, 11) is 0. The monoisotopic (exact) mass is 337 g/mol. The highest BCUT2D eigenvalue weighted by molar-refractivity contribution is 9.10. The highest BCUT2D eigenvalue weighted by Gasteiger charge is 2.20. The third-order valence-corrected chi connectivity index (χ3v) is 4.35. The van der Waals surface area contributed by atoms with Crippen LogP contribution < -0.4 is 5.32 Å². The quantitative estimate of drug-likeness (QED) is 0.860. The van der Waals surface area contributed by atoms with Crippen LogP contribution in [0.2, 0.25) is 0 Å². The Morgan fingerprint density at radius 1 is 1.40 bits per heavy atom. The van der Waals surface area contributed by atoms with Crippen molar-refractivity contribution in [1.82, 2.24) is 9.80 Å². The van der Waals surface area contributed by atoms with Gasteiger partial charge in [0.25, 0.3) is 0 Å². The van der Waals surface area contributed by atoms with Gasteiger partial charge < -0.3 is 10.2 Å². The molecule has 1 heterocycles. The lowest BCUT2D eigenvalue weighted by Gasteiger charge is -2.34. The lowest BCUT2D eigenvalue weighted by Crippen LogP contribution is -2.49. The summed E-state index contributed by atoms with van der Waals surface area (Å²) < 4.78 is 1.05. The van der Waals surface area contributed by atoms with Crippen LogP contribution in [0, 0.1) is 6.92 Å². The van der Waals surface area contributed by atoms with Crippen molar-refractivity contribution in [3.05, 3.63) is 40.9 Å². The van der Waals surface area contributed by atoms with Gasteiger partial charge in [-0.3, -0.25) is 4.90 Å². The van der Waals surface area contributed by atoms with Gasteiger partial charge in [-0.1, -0.05) is 22.0 Å². The van der Waals surface area contributed by atoms with E-state index in [1.54, 1.807) is 0 Å². The van der Waals surface area contributed by atoms with E-state index in [9.17, 15) is 4.79 Å². The number of aryl methyl sites for hydroxylation is 1.